The summed E-state index contributed by atoms with van der Waals surface area (Å²) in [6.07, 6.45) is 0. The highest BCUT2D eigenvalue weighted by atomic mass is 79.9. The first-order valence-electron chi connectivity index (χ1n) is 7.05. The van der Waals surface area contributed by atoms with Crippen LogP contribution in [-0.4, -0.2) is 10.8 Å². The second-order valence-corrected chi connectivity index (χ2v) is 7.03. The first-order valence-corrected chi connectivity index (χ1v) is 7.84. The van der Waals surface area contributed by atoms with Crippen molar-refractivity contribution in [2.24, 2.45) is 0 Å². The van der Waals surface area contributed by atoms with E-state index in [2.05, 4.69) is 42.0 Å². The summed E-state index contributed by atoms with van der Waals surface area (Å²) in [6.45, 7) is 6.29. The molecule has 0 atom stereocenters. The number of benzene rings is 2. The standard InChI is InChI=1S/C17H17BrN2O3/c1-17(2,3)11-8-9-14(13(18)10-11)19-16(21)12-6-4-5-7-15(12)20(22)23/h4-10H,1-3H3,(H,19,21). The van der Waals surface area contributed by atoms with E-state index < -0.39 is 10.8 Å². The number of nitrogens with zero attached hydrogens (tertiary/aromatic N) is 1. The summed E-state index contributed by atoms with van der Waals surface area (Å²) >= 11 is 3.44. The van der Waals surface area contributed by atoms with Gasteiger partial charge >= 0.3 is 0 Å². The fourth-order valence-electron chi connectivity index (χ4n) is 2.10. The maximum absolute atomic E-state index is 12.3. The summed E-state index contributed by atoms with van der Waals surface area (Å²) in [4.78, 5) is 22.8. The molecule has 23 heavy (non-hydrogen) atoms. The second kappa shape index (κ2) is 6.50. The van der Waals surface area contributed by atoms with E-state index in [1.807, 2.05) is 12.1 Å². The highest BCUT2D eigenvalue weighted by Crippen LogP contribution is 2.30. The molecule has 0 saturated heterocycles. The minimum Gasteiger partial charge on any atom is -0.321 e. The Labute approximate surface area is 143 Å². The molecule has 2 rings (SSSR count). The van der Waals surface area contributed by atoms with Crippen molar-refractivity contribution in [1.82, 2.24) is 0 Å². The van der Waals surface area contributed by atoms with Gasteiger partial charge in [0.2, 0.25) is 0 Å². The van der Waals surface area contributed by atoms with Crippen LogP contribution in [0.2, 0.25) is 0 Å². The van der Waals surface area contributed by atoms with Crippen LogP contribution in [0.25, 0.3) is 0 Å². The number of nitro groups is 1. The fraction of sp³-hybridized carbons (Fsp3) is 0.235. The number of halogens is 1. The Morgan fingerprint density at radius 3 is 2.39 bits per heavy atom. The molecule has 0 aliphatic carbocycles. The molecule has 6 heteroatoms. The van der Waals surface area contributed by atoms with E-state index in [1.165, 1.54) is 18.2 Å². The van der Waals surface area contributed by atoms with Gasteiger partial charge in [-0.1, -0.05) is 39.0 Å². The van der Waals surface area contributed by atoms with Gasteiger partial charge in [-0.05, 0) is 45.1 Å². The molecule has 0 saturated carbocycles. The van der Waals surface area contributed by atoms with E-state index in [-0.39, 0.29) is 16.7 Å². The van der Waals surface area contributed by atoms with Gasteiger partial charge in [-0.25, -0.2) is 0 Å². The van der Waals surface area contributed by atoms with E-state index >= 15 is 0 Å². The van der Waals surface area contributed by atoms with Gasteiger partial charge in [0.15, 0.2) is 0 Å². The van der Waals surface area contributed by atoms with Crippen molar-refractivity contribution < 1.29 is 9.72 Å². The van der Waals surface area contributed by atoms with E-state index in [4.69, 9.17) is 0 Å². The Balaban J connectivity index is 2.30. The minimum atomic E-state index is -0.563. The van der Waals surface area contributed by atoms with Crippen molar-refractivity contribution >= 4 is 33.2 Å². The molecule has 2 aromatic carbocycles. The van der Waals surface area contributed by atoms with E-state index in [1.54, 1.807) is 12.1 Å². The van der Waals surface area contributed by atoms with E-state index in [0.717, 1.165) is 10.0 Å². The molecule has 0 heterocycles. The van der Waals surface area contributed by atoms with Crippen LogP contribution in [0.1, 0.15) is 36.7 Å². The van der Waals surface area contributed by atoms with E-state index in [9.17, 15) is 14.9 Å². The van der Waals surface area contributed by atoms with Crippen molar-refractivity contribution in [1.29, 1.82) is 0 Å². The van der Waals surface area contributed by atoms with Crippen LogP contribution in [0.4, 0.5) is 11.4 Å². The molecule has 0 fully saturated rings. The number of rotatable bonds is 3. The maximum atomic E-state index is 12.3. The highest BCUT2D eigenvalue weighted by Gasteiger charge is 2.20. The van der Waals surface area contributed by atoms with Crippen molar-refractivity contribution in [2.75, 3.05) is 5.32 Å². The van der Waals surface area contributed by atoms with Gasteiger partial charge in [0.05, 0.1) is 10.6 Å². The monoisotopic (exact) mass is 376 g/mol. The predicted molar refractivity (Wildman–Crippen MR) is 93.9 cm³/mol. The summed E-state index contributed by atoms with van der Waals surface area (Å²) in [5.74, 6) is -0.512. The van der Waals surface area contributed by atoms with Crippen LogP contribution in [0.15, 0.2) is 46.9 Å². The molecule has 1 amide bonds. The normalized spacial score (nSPS) is 11.1. The summed E-state index contributed by atoms with van der Waals surface area (Å²) in [5, 5.41) is 13.7. The number of hydrogen-bond acceptors (Lipinski definition) is 3. The van der Waals surface area contributed by atoms with Gasteiger partial charge in [-0.15, -0.1) is 0 Å². The number of amides is 1. The third kappa shape index (κ3) is 3.96. The smallest absolute Gasteiger partial charge is 0.282 e. The molecule has 0 bridgehead atoms. The topological polar surface area (TPSA) is 72.2 Å². The second-order valence-electron chi connectivity index (χ2n) is 6.17. The third-order valence-electron chi connectivity index (χ3n) is 3.43. The first-order chi connectivity index (χ1) is 10.7. The average Bonchev–Trinajstić information content (AvgIpc) is 2.48. The summed E-state index contributed by atoms with van der Waals surface area (Å²) < 4.78 is 0.733. The van der Waals surface area contributed by atoms with Crippen LogP contribution in [0, 0.1) is 10.1 Å². The van der Waals surface area contributed by atoms with Crippen molar-refractivity contribution in [3.63, 3.8) is 0 Å². The van der Waals surface area contributed by atoms with Crippen molar-refractivity contribution in [3.8, 4) is 0 Å². The molecule has 0 spiro atoms. The first kappa shape index (κ1) is 17.1. The zero-order valence-electron chi connectivity index (χ0n) is 13.1. The van der Waals surface area contributed by atoms with Crippen LogP contribution in [-0.2, 0) is 5.41 Å². The summed E-state index contributed by atoms with van der Waals surface area (Å²) in [6, 6.07) is 11.5. The molecule has 0 aromatic heterocycles. The lowest BCUT2D eigenvalue weighted by atomic mass is 9.87. The fourth-order valence-corrected chi connectivity index (χ4v) is 2.58. The van der Waals surface area contributed by atoms with Gasteiger partial charge in [-0.3, -0.25) is 14.9 Å². The number of para-hydroxylation sites is 1. The number of nitro benzene ring substituents is 1. The third-order valence-corrected chi connectivity index (χ3v) is 4.08. The SMILES string of the molecule is CC(C)(C)c1ccc(NC(=O)c2ccccc2[N+](=O)[O-])c(Br)c1. The van der Waals surface area contributed by atoms with Gasteiger partial charge < -0.3 is 5.32 Å². The molecule has 2 aromatic rings. The van der Waals surface area contributed by atoms with Gasteiger partial charge in [0.1, 0.15) is 5.56 Å². The van der Waals surface area contributed by atoms with Crippen LogP contribution < -0.4 is 5.32 Å². The molecule has 0 aliphatic rings. The number of carbonyl (C=O) groups is 1. The highest BCUT2D eigenvalue weighted by molar-refractivity contribution is 9.10. The molecular weight excluding hydrogens is 360 g/mol. The van der Waals surface area contributed by atoms with Crippen LogP contribution >= 0.6 is 15.9 Å². The number of carbonyl (C=O) groups excluding carboxylic acids is 1. The zero-order chi connectivity index (χ0) is 17.2. The Hall–Kier alpha value is -2.21. The lowest BCUT2D eigenvalue weighted by Crippen LogP contribution is -2.15. The molecule has 120 valence electrons. The molecule has 1 N–H and O–H groups in total. The Morgan fingerprint density at radius 1 is 1.17 bits per heavy atom. The maximum Gasteiger partial charge on any atom is 0.282 e. The number of anilines is 1. The minimum absolute atomic E-state index is 0.0106. The summed E-state index contributed by atoms with van der Waals surface area (Å²) in [5.41, 5.74) is 1.49. The van der Waals surface area contributed by atoms with Crippen LogP contribution in [0.3, 0.4) is 0 Å². The largest absolute Gasteiger partial charge is 0.321 e. The van der Waals surface area contributed by atoms with Gasteiger partial charge in [-0.2, -0.15) is 0 Å². The molecule has 0 aliphatic heterocycles. The van der Waals surface area contributed by atoms with Crippen molar-refractivity contribution in [2.45, 2.75) is 26.2 Å². The summed E-state index contributed by atoms with van der Waals surface area (Å²) in [7, 11) is 0. The number of nitrogens with one attached hydrogen (secondary N) is 1. The van der Waals surface area contributed by atoms with Gasteiger partial charge in [0, 0.05) is 10.5 Å². The van der Waals surface area contributed by atoms with Crippen molar-refractivity contribution in [3.05, 3.63) is 68.2 Å². The number of hydrogen-bond donors (Lipinski definition) is 1. The Bertz CT molecular complexity index is 767. The Kier molecular flexibility index (Phi) is 4.85. The molecule has 0 radical (unpaired) electrons. The van der Waals surface area contributed by atoms with Crippen LogP contribution in [0.5, 0.6) is 0 Å². The van der Waals surface area contributed by atoms with E-state index in [0.29, 0.717) is 5.69 Å². The predicted octanol–water partition coefficient (Wildman–Crippen LogP) is 4.91. The molecule has 0 unspecified atom stereocenters. The van der Waals surface area contributed by atoms with Gasteiger partial charge in [0.25, 0.3) is 11.6 Å². The quantitative estimate of drug-likeness (QED) is 0.610. The lowest BCUT2D eigenvalue weighted by Gasteiger charge is -2.20. The average molecular weight is 377 g/mol. The Morgan fingerprint density at radius 2 is 1.83 bits per heavy atom. The molecular formula is C17H17BrN2O3. The zero-order valence-corrected chi connectivity index (χ0v) is 14.7. The lowest BCUT2D eigenvalue weighted by molar-refractivity contribution is -0.385. The molecule has 5 nitrogen and oxygen atoms in total.